The van der Waals surface area contributed by atoms with Gasteiger partial charge in [-0.05, 0) is 37.1 Å². The number of hydrogen-bond acceptors (Lipinski definition) is 5. The number of anilines is 2. The summed E-state index contributed by atoms with van der Waals surface area (Å²) in [5, 5.41) is 10.6. The van der Waals surface area contributed by atoms with Gasteiger partial charge in [0.15, 0.2) is 5.82 Å². The predicted molar refractivity (Wildman–Crippen MR) is 100 cm³/mol. The normalized spacial score (nSPS) is 13.4. The molecule has 8 nitrogen and oxygen atoms in total. The third-order valence-electron chi connectivity index (χ3n) is 4.39. The van der Waals surface area contributed by atoms with Crippen LogP contribution in [0.3, 0.4) is 0 Å². The van der Waals surface area contributed by atoms with Crippen molar-refractivity contribution in [3.05, 3.63) is 53.7 Å². The number of fused-ring (bicyclic) bond motifs is 1. The van der Waals surface area contributed by atoms with Gasteiger partial charge in [0.2, 0.25) is 17.8 Å². The zero-order chi connectivity index (χ0) is 18.8. The molecule has 1 aliphatic heterocycles. The van der Waals surface area contributed by atoms with E-state index in [0.717, 1.165) is 16.8 Å². The van der Waals surface area contributed by atoms with Crippen LogP contribution in [0.15, 0.2) is 42.6 Å². The first-order chi connectivity index (χ1) is 13.1. The number of benzene rings is 1. The summed E-state index contributed by atoms with van der Waals surface area (Å²) < 4.78 is 0. The third-order valence-corrected chi connectivity index (χ3v) is 4.39. The van der Waals surface area contributed by atoms with Crippen molar-refractivity contribution in [2.75, 3.05) is 16.8 Å². The van der Waals surface area contributed by atoms with Gasteiger partial charge in [-0.1, -0.05) is 23.8 Å². The van der Waals surface area contributed by atoms with Crippen LogP contribution in [0.4, 0.5) is 11.6 Å². The van der Waals surface area contributed by atoms with Crippen molar-refractivity contribution in [1.29, 1.82) is 0 Å². The Morgan fingerprint density at radius 2 is 2.11 bits per heavy atom. The smallest absolute Gasteiger partial charge is 0.246 e. The van der Waals surface area contributed by atoms with Gasteiger partial charge >= 0.3 is 0 Å². The van der Waals surface area contributed by atoms with Crippen molar-refractivity contribution >= 4 is 23.5 Å². The van der Waals surface area contributed by atoms with Crippen molar-refractivity contribution < 1.29 is 9.59 Å². The summed E-state index contributed by atoms with van der Waals surface area (Å²) in [4.78, 5) is 33.4. The molecule has 8 heteroatoms. The number of carbonyl (C=O) groups is 2. The first-order valence-corrected chi connectivity index (χ1v) is 8.64. The Labute approximate surface area is 155 Å². The molecule has 0 radical (unpaired) electrons. The Morgan fingerprint density at radius 3 is 2.93 bits per heavy atom. The van der Waals surface area contributed by atoms with Crippen LogP contribution in [0.25, 0.3) is 11.5 Å². The lowest BCUT2D eigenvalue weighted by Gasteiger charge is -2.29. The number of amides is 2. The van der Waals surface area contributed by atoms with Gasteiger partial charge < -0.3 is 9.88 Å². The fourth-order valence-electron chi connectivity index (χ4n) is 3.11. The van der Waals surface area contributed by atoms with Crippen LogP contribution in [0.1, 0.15) is 17.5 Å². The van der Waals surface area contributed by atoms with Crippen LogP contribution in [0, 0.1) is 6.92 Å². The van der Waals surface area contributed by atoms with Gasteiger partial charge in [-0.3, -0.25) is 19.9 Å². The first-order valence-electron chi connectivity index (χ1n) is 8.64. The second-order valence-electron chi connectivity index (χ2n) is 6.40. The van der Waals surface area contributed by atoms with Crippen LogP contribution in [-0.4, -0.2) is 38.5 Å². The number of carbonyl (C=O) groups excluding carboxylic acids is 2. The number of nitrogens with one attached hydrogen (secondary N) is 2. The first kappa shape index (κ1) is 16.9. The zero-order valence-electron chi connectivity index (χ0n) is 14.8. The number of pyridine rings is 1. The lowest BCUT2D eigenvalue weighted by Crippen LogP contribution is -2.41. The second kappa shape index (κ2) is 6.99. The highest BCUT2D eigenvalue weighted by Gasteiger charge is 2.26. The van der Waals surface area contributed by atoms with E-state index in [9.17, 15) is 9.59 Å². The van der Waals surface area contributed by atoms with Gasteiger partial charge in [0.1, 0.15) is 12.2 Å². The minimum Gasteiger partial charge on any atom is -0.306 e. The molecular weight excluding hydrogens is 344 g/mol. The summed E-state index contributed by atoms with van der Waals surface area (Å²) in [6, 6.07) is 11.3. The van der Waals surface area contributed by atoms with E-state index in [-0.39, 0.29) is 24.3 Å². The van der Waals surface area contributed by atoms with E-state index in [4.69, 9.17) is 0 Å². The van der Waals surface area contributed by atoms with E-state index >= 15 is 0 Å². The Morgan fingerprint density at radius 1 is 1.22 bits per heavy atom. The Hall–Kier alpha value is -3.55. The fraction of sp³-hybridized carbons (Fsp3) is 0.211. The molecule has 0 fully saturated rings. The van der Waals surface area contributed by atoms with Crippen LogP contribution < -0.4 is 10.2 Å². The van der Waals surface area contributed by atoms with Crippen molar-refractivity contribution in [1.82, 2.24) is 20.2 Å². The van der Waals surface area contributed by atoms with E-state index < -0.39 is 0 Å². The molecule has 1 aliphatic rings. The Balaban J connectivity index is 1.47. The molecule has 1 aromatic carbocycles. The fourth-order valence-corrected chi connectivity index (χ4v) is 3.11. The highest BCUT2D eigenvalue weighted by atomic mass is 16.2. The molecule has 0 unspecified atom stereocenters. The summed E-state index contributed by atoms with van der Waals surface area (Å²) >= 11 is 0. The lowest BCUT2D eigenvalue weighted by atomic mass is 9.99. The molecule has 3 aromatic rings. The van der Waals surface area contributed by atoms with Gasteiger partial charge in [0.25, 0.3) is 0 Å². The quantitative estimate of drug-likeness (QED) is 0.740. The number of aromatic amines is 1. The largest absolute Gasteiger partial charge is 0.306 e. The van der Waals surface area contributed by atoms with E-state index in [1.54, 1.807) is 18.3 Å². The third kappa shape index (κ3) is 3.55. The van der Waals surface area contributed by atoms with Crippen molar-refractivity contribution in [2.45, 2.75) is 19.8 Å². The van der Waals surface area contributed by atoms with Crippen LogP contribution in [-0.2, 0) is 16.0 Å². The number of rotatable bonds is 4. The molecule has 0 saturated heterocycles. The summed E-state index contributed by atoms with van der Waals surface area (Å²) in [5.74, 6) is 0.267. The van der Waals surface area contributed by atoms with Crippen molar-refractivity contribution in [3.63, 3.8) is 0 Å². The SMILES string of the molecule is Cc1ccc2c(c1)CCC(=O)N2CC(=O)Nc1nnc(-c2ccccn2)[nH]1. The minimum atomic E-state index is -0.347. The van der Waals surface area contributed by atoms with E-state index in [1.165, 1.54) is 4.90 Å². The number of nitrogens with zero attached hydrogens (tertiary/aromatic N) is 4. The Bertz CT molecular complexity index is 998. The standard InChI is InChI=1S/C19H18N6O2/c1-12-5-7-15-13(10-12)6-8-17(27)25(15)11-16(26)21-19-22-18(23-24-19)14-4-2-3-9-20-14/h2-5,7,9-10H,6,8,11H2,1H3,(H2,21,22,23,24,26). The topological polar surface area (TPSA) is 104 Å². The average Bonchev–Trinajstić information content (AvgIpc) is 3.13. The van der Waals surface area contributed by atoms with Gasteiger partial charge in [-0.2, -0.15) is 0 Å². The number of aromatic nitrogens is 4. The van der Waals surface area contributed by atoms with Crippen LogP contribution in [0.5, 0.6) is 0 Å². The molecule has 136 valence electrons. The van der Waals surface area contributed by atoms with Gasteiger partial charge in [0.05, 0.1) is 0 Å². The zero-order valence-corrected chi connectivity index (χ0v) is 14.8. The summed E-state index contributed by atoms with van der Waals surface area (Å²) in [6.45, 7) is 1.94. The maximum Gasteiger partial charge on any atom is 0.246 e. The maximum atomic E-state index is 12.4. The Kier molecular flexibility index (Phi) is 4.37. The molecule has 2 amide bonds. The molecule has 27 heavy (non-hydrogen) atoms. The average molecular weight is 362 g/mol. The highest BCUT2D eigenvalue weighted by Crippen LogP contribution is 2.28. The lowest BCUT2D eigenvalue weighted by molar-refractivity contribution is -0.121. The summed E-state index contributed by atoms with van der Waals surface area (Å²) in [6.07, 6.45) is 2.75. The predicted octanol–water partition coefficient (Wildman–Crippen LogP) is 2.09. The second-order valence-corrected chi connectivity index (χ2v) is 6.40. The molecular formula is C19H18N6O2. The molecule has 2 N–H and O–H groups in total. The monoisotopic (exact) mass is 362 g/mol. The van der Waals surface area contributed by atoms with Crippen LogP contribution in [0.2, 0.25) is 0 Å². The van der Waals surface area contributed by atoms with Crippen molar-refractivity contribution in [3.8, 4) is 11.5 Å². The van der Waals surface area contributed by atoms with Crippen molar-refractivity contribution in [2.24, 2.45) is 0 Å². The number of hydrogen-bond donors (Lipinski definition) is 2. The highest BCUT2D eigenvalue weighted by molar-refractivity contribution is 6.03. The maximum absolute atomic E-state index is 12.4. The van der Waals surface area contributed by atoms with Gasteiger partial charge in [-0.15, -0.1) is 10.2 Å². The number of aryl methyl sites for hydroxylation is 2. The summed E-state index contributed by atoms with van der Waals surface area (Å²) in [7, 11) is 0. The van der Waals surface area contributed by atoms with E-state index in [2.05, 4.69) is 31.5 Å². The molecule has 0 spiro atoms. The molecule has 0 aliphatic carbocycles. The molecule has 3 heterocycles. The van der Waals surface area contributed by atoms with Gasteiger partial charge in [0, 0.05) is 18.3 Å². The molecule has 0 atom stereocenters. The molecule has 2 aromatic heterocycles. The number of H-pyrrole nitrogens is 1. The minimum absolute atomic E-state index is 0.0618. The molecule has 4 rings (SSSR count). The van der Waals surface area contributed by atoms with Gasteiger partial charge in [-0.25, -0.2) is 0 Å². The van der Waals surface area contributed by atoms with E-state index in [0.29, 0.717) is 24.4 Å². The van der Waals surface area contributed by atoms with E-state index in [1.807, 2.05) is 25.1 Å². The molecule has 0 bridgehead atoms. The van der Waals surface area contributed by atoms with Crippen LogP contribution >= 0.6 is 0 Å². The summed E-state index contributed by atoms with van der Waals surface area (Å²) in [5.41, 5.74) is 3.63. The molecule has 0 saturated carbocycles.